The molecule has 4 rings (SSSR count). The lowest BCUT2D eigenvalue weighted by atomic mass is 9.83. The minimum Gasteiger partial charge on any atom is -0.487 e. The number of carbonyl (C=O) groups excluding carboxylic acids is 1. The SMILES string of the molecule is CCC1(CC)CC(=CC(=O)Nc2cccc3c2OCCN3CCCO)c2ccc(C(F)(F)F)cc2O1. The van der Waals surface area contributed by atoms with Crippen molar-refractivity contribution in [3.8, 4) is 11.5 Å². The van der Waals surface area contributed by atoms with Crippen LogP contribution in [0.4, 0.5) is 24.5 Å². The Morgan fingerprint density at radius 2 is 2.00 bits per heavy atom. The maximum absolute atomic E-state index is 13.3. The van der Waals surface area contributed by atoms with Gasteiger partial charge in [0.05, 0.1) is 23.5 Å². The number of ether oxygens (including phenoxy) is 2. The van der Waals surface area contributed by atoms with E-state index in [1.807, 2.05) is 26.0 Å². The number of nitrogens with zero attached hydrogens (tertiary/aromatic N) is 1. The number of hydrogen-bond donors (Lipinski definition) is 2. The maximum atomic E-state index is 13.3. The molecule has 2 aliphatic heterocycles. The van der Waals surface area contributed by atoms with Gasteiger partial charge in [0, 0.05) is 31.2 Å². The van der Waals surface area contributed by atoms with Crippen LogP contribution in [0.5, 0.6) is 11.5 Å². The molecule has 0 unspecified atom stereocenters. The van der Waals surface area contributed by atoms with E-state index in [1.54, 1.807) is 6.07 Å². The van der Waals surface area contributed by atoms with Crippen molar-refractivity contribution in [2.75, 3.05) is 36.5 Å². The van der Waals surface area contributed by atoms with Crippen molar-refractivity contribution in [3.05, 3.63) is 53.6 Å². The number of rotatable bonds is 7. The van der Waals surface area contributed by atoms with E-state index in [1.165, 1.54) is 12.1 Å². The van der Waals surface area contributed by atoms with Crippen LogP contribution in [-0.4, -0.2) is 42.9 Å². The molecule has 0 atom stereocenters. The molecule has 2 heterocycles. The van der Waals surface area contributed by atoms with Gasteiger partial charge in [-0.25, -0.2) is 0 Å². The Bertz CT molecular complexity index is 1140. The molecule has 0 bridgehead atoms. The summed E-state index contributed by atoms with van der Waals surface area (Å²) >= 11 is 0. The first-order valence-corrected chi connectivity index (χ1v) is 12.2. The van der Waals surface area contributed by atoms with Gasteiger partial charge in [0.1, 0.15) is 18.0 Å². The largest absolute Gasteiger partial charge is 0.487 e. The number of halogens is 3. The molecule has 2 N–H and O–H groups in total. The average molecular weight is 505 g/mol. The third-order valence-electron chi connectivity index (χ3n) is 6.87. The molecule has 9 heteroatoms. The molecule has 0 fully saturated rings. The van der Waals surface area contributed by atoms with Gasteiger partial charge in [0.15, 0.2) is 5.75 Å². The number of benzene rings is 2. The Labute approximate surface area is 208 Å². The highest BCUT2D eigenvalue weighted by molar-refractivity contribution is 6.06. The minimum absolute atomic E-state index is 0.0867. The van der Waals surface area contributed by atoms with E-state index in [2.05, 4.69) is 10.2 Å². The fourth-order valence-electron chi connectivity index (χ4n) is 4.76. The average Bonchev–Trinajstić information content (AvgIpc) is 2.86. The second kappa shape index (κ2) is 10.4. The summed E-state index contributed by atoms with van der Waals surface area (Å²) in [5.74, 6) is 0.300. The first-order valence-electron chi connectivity index (χ1n) is 12.2. The molecule has 0 saturated heterocycles. The third-order valence-corrected chi connectivity index (χ3v) is 6.87. The zero-order valence-corrected chi connectivity index (χ0v) is 20.5. The fraction of sp³-hybridized carbons (Fsp3) is 0.444. The molecule has 36 heavy (non-hydrogen) atoms. The second-order valence-corrected chi connectivity index (χ2v) is 9.10. The summed E-state index contributed by atoms with van der Waals surface area (Å²) in [6, 6.07) is 8.89. The number of hydrogen-bond acceptors (Lipinski definition) is 5. The third kappa shape index (κ3) is 5.31. The predicted molar refractivity (Wildman–Crippen MR) is 132 cm³/mol. The number of carbonyl (C=O) groups is 1. The monoisotopic (exact) mass is 504 g/mol. The van der Waals surface area contributed by atoms with Crippen LogP contribution in [0.1, 0.15) is 50.7 Å². The highest BCUT2D eigenvalue weighted by Gasteiger charge is 2.38. The molecule has 0 aliphatic carbocycles. The van der Waals surface area contributed by atoms with Gasteiger partial charge >= 0.3 is 6.18 Å². The molecule has 0 spiro atoms. The van der Waals surface area contributed by atoms with Crippen molar-refractivity contribution in [2.24, 2.45) is 0 Å². The molecule has 2 aliphatic rings. The summed E-state index contributed by atoms with van der Waals surface area (Å²) in [6.45, 7) is 5.74. The smallest absolute Gasteiger partial charge is 0.416 e. The Kier molecular flexibility index (Phi) is 7.49. The normalized spacial score (nSPS) is 17.6. The van der Waals surface area contributed by atoms with Crippen LogP contribution in [-0.2, 0) is 11.0 Å². The van der Waals surface area contributed by atoms with Crippen molar-refractivity contribution in [3.63, 3.8) is 0 Å². The zero-order chi connectivity index (χ0) is 25.9. The molecule has 0 aromatic heterocycles. The molecule has 0 radical (unpaired) electrons. The van der Waals surface area contributed by atoms with Gasteiger partial charge in [0.2, 0.25) is 5.91 Å². The maximum Gasteiger partial charge on any atom is 0.416 e. The number of aliphatic hydroxyl groups excluding tert-OH is 1. The molecule has 2 aromatic rings. The quantitative estimate of drug-likeness (QED) is 0.477. The van der Waals surface area contributed by atoms with Crippen LogP contribution in [0, 0.1) is 0 Å². The second-order valence-electron chi connectivity index (χ2n) is 9.10. The predicted octanol–water partition coefficient (Wildman–Crippen LogP) is 5.65. The first-order chi connectivity index (χ1) is 17.2. The van der Waals surface area contributed by atoms with E-state index in [0.29, 0.717) is 68.0 Å². The molecule has 194 valence electrons. The number of alkyl halides is 3. The van der Waals surface area contributed by atoms with Crippen LogP contribution >= 0.6 is 0 Å². The molecular formula is C27H31F3N2O4. The van der Waals surface area contributed by atoms with Gasteiger partial charge in [-0.1, -0.05) is 26.0 Å². The van der Waals surface area contributed by atoms with E-state index < -0.39 is 23.2 Å². The molecule has 2 aromatic carbocycles. The van der Waals surface area contributed by atoms with Crippen LogP contribution in [0.2, 0.25) is 0 Å². The number of anilines is 2. The summed E-state index contributed by atoms with van der Waals surface area (Å²) in [4.78, 5) is 15.2. The van der Waals surface area contributed by atoms with Crippen LogP contribution in [0.15, 0.2) is 42.5 Å². The van der Waals surface area contributed by atoms with Crippen LogP contribution in [0.3, 0.4) is 0 Å². The Morgan fingerprint density at radius 1 is 1.22 bits per heavy atom. The molecular weight excluding hydrogens is 473 g/mol. The summed E-state index contributed by atoms with van der Waals surface area (Å²) in [7, 11) is 0. The van der Waals surface area contributed by atoms with E-state index in [9.17, 15) is 23.1 Å². The van der Waals surface area contributed by atoms with E-state index >= 15 is 0 Å². The molecule has 6 nitrogen and oxygen atoms in total. The van der Waals surface area contributed by atoms with E-state index in [-0.39, 0.29) is 12.4 Å². The van der Waals surface area contributed by atoms with E-state index in [0.717, 1.165) is 17.8 Å². The highest BCUT2D eigenvalue weighted by atomic mass is 19.4. The highest BCUT2D eigenvalue weighted by Crippen LogP contribution is 2.46. The number of nitrogens with one attached hydrogen (secondary N) is 1. The Hall–Kier alpha value is -3.20. The lowest BCUT2D eigenvalue weighted by molar-refractivity contribution is -0.137. The van der Waals surface area contributed by atoms with Crippen LogP contribution in [0.25, 0.3) is 5.57 Å². The van der Waals surface area contributed by atoms with Crippen molar-refractivity contribution in [1.29, 1.82) is 0 Å². The molecule has 1 amide bonds. The van der Waals surface area contributed by atoms with Gasteiger partial charge in [-0.3, -0.25) is 4.79 Å². The Morgan fingerprint density at radius 3 is 2.69 bits per heavy atom. The minimum atomic E-state index is -4.49. The van der Waals surface area contributed by atoms with Gasteiger partial charge < -0.3 is 24.8 Å². The van der Waals surface area contributed by atoms with Gasteiger partial charge in [-0.2, -0.15) is 13.2 Å². The van der Waals surface area contributed by atoms with E-state index in [4.69, 9.17) is 9.47 Å². The first kappa shape index (κ1) is 25.9. The topological polar surface area (TPSA) is 71.0 Å². The lowest BCUT2D eigenvalue weighted by Crippen LogP contribution is -2.38. The van der Waals surface area contributed by atoms with Crippen molar-refractivity contribution >= 4 is 22.9 Å². The zero-order valence-electron chi connectivity index (χ0n) is 20.5. The Balaban J connectivity index is 1.65. The summed E-state index contributed by atoms with van der Waals surface area (Å²) in [5, 5.41) is 12.1. The van der Waals surface area contributed by atoms with Crippen molar-refractivity contribution < 1.29 is 32.5 Å². The molecule has 0 saturated carbocycles. The summed E-state index contributed by atoms with van der Waals surface area (Å²) < 4.78 is 52.0. The lowest BCUT2D eigenvalue weighted by Gasteiger charge is -2.39. The summed E-state index contributed by atoms with van der Waals surface area (Å²) in [5.41, 5.74) is 0.990. The number of amides is 1. The van der Waals surface area contributed by atoms with Crippen LogP contribution < -0.4 is 19.7 Å². The van der Waals surface area contributed by atoms with Crippen molar-refractivity contribution in [2.45, 2.75) is 51.3 Å². The number of fused-ring (bicyclic) bond motifs is 2. The van der Waals surface area contributed by atoms with Gasteiger partial charge in [0.25, 0.3) is 0 Å². The van der Waals surface area contributed by atoms with Crippen molar-refractivity contribution in [1.82, 2.24) is 0 Å². The fourth-order valence-corrected chi connectivity index (χ4v) is 4.76. The number of para-hydroxylation sites is 1. The number of aliphatic hydroxyl groups is 1. The standard InChI is InChI=1S/C27H31F3N2O4/c1-3-26(4-2)17-18(20-10-9-19(27(28,29)30)16-23(20)36-26)15-24(34)31-21-7-5-8-22-25(21)35-14-12-32(22)11-6-13-33/h5,7-10,15-16,33H,3-4,6,11-14,17H2,1-2H3,(H,31,34). The van der Waals surface area contributed by atoms with Gasteiger partial charge in [-0.05, 0) is 49.1 Å². The van der Waals surface area contributed by atoms with Gasteiger partial charge in [-0.15, -0.1) is 0 Å². The summed E-state index contributed by atoms with van der Waals surface area (Å²) in [6.07, 6.45) is -0.847.